The average Bonchev–Trinajstić information content (AvgIpc) is 3.43. The molecule has 2 unspecified atom stereocenters. The number of thiophene rings is 1. The van der Waals surface area contributed by atoms with E-state index in [9.17, 15) is 4.79 Å². The Kier molecular flexibility index (Phi) is 4.22. The minimum atomic E-state index is 0.0150. The van der Waals surface area contributed by atoms with Crippen LogP contribution in [-0.4, -0.2) is 39.3 Å². The maximum Gasteiger partial charge on any atom is 0.261 e. The molecular formula is C20H20N4OS2. The van der Waals surface area contributed by atoms with Crippen LogP contribution < -0.4 is 5.32 Å². The van der Waals surface area contributed by atoms with E-state index in [2.05, 4.69) is 46.4 Å². The van der Waals surface area contributed by atoms with Gasteiger partial charge in [-0.3, -0.25) is 14.1 Å². The zero-order chi connectivity index (χ0) is 18.4. The number of carbonyl (C=O) groups excluding carboxylic acids is 1. The molecule has 0 aliphatic carbocycles. The number of carbonyl (C=O) groups is 1. The number of aromatic nitrogens is 2. The van der Waals surface area contributed by atoms with E-state index in [0.717, 1.165) is 39.7 Å². The van der Waals surface area contributed by atoms with Gasteiger partial charge in [0.25, 0.3) is 5.91 Å². The van der Waals surface area contributed by atoms with Gasteiger partial charge in [0, 0.05) is 36.8 Å². The molecule has 1 saturated heterocycles. The van der Waals surface area contributed by atoms with Crippen LogP contribution in [0.5, 0.6) is 0 Å². The van der Waals surface area contributed by atoms with Crippen molar-refractivity contribution in [1.82, 2.24) is 19.6 Å². The minimum absolute atomic E-state index is 0.0150. The Balaban J connectivity index is 1.27. The molecule has 1 fully saturated rings. The molecule has 4 heterocycles. The molecule has 4 aromatic rings. The number of benzene rings is 1. The van der Waals surface area contributed by atoms with Crippen LogP contribution >= 0.6 is 22.7 Å². The molecule has 2 atom stereocenters. The topological polar surface area (TPSA) is 49.6 Å². The summed E-state index contributed by atoms with van der Waals surface area (Å²) in [6.07, 6.45) is 2.99. The van der Waals surface area contributed by atoms with Gasteiger partial charge in [-0.15, -0.1) is 22.7 Å². The van der Waals surface area contributed by atoms with E-state index in [4.69, 9.17) is 0 Å². The zero-order valence-corrected chi connectivity index (χ0v) is 16.6. The highest BCUT2D eigenvalue weighted by Crippen LogP contribution is 2.29. The number of rotatable bonds is 4. The summed E-state index contributed by atoms with van der Waals surface area (Å²) in [7, 11) is 0. The Labute approximate surface area is 165 Å². The van der Waals surface area contributed by atoms with Crippen LogP contribution in [0.25, 0.3) is 15.3 Å². The fourth-order valence-corrected chi connectivity index (χ4v) is 5.52. The quantitative estimate of drug-likeness (QED) is 0.563. The smallest absolute Gasteiger partial charge is 0.261 e. The second-order valence-electron chi connectivity index (χ2n) is 7.01. The Morgan fingerprint density at radius 3 is 3.04 bits per heavy atom. The van der Waals surface area contributed by atoms with Crippen molar-refractivity contribution in [2.45, 2.75) is 25.4 Å². The van der Waals surface area contributed by atoms with Gasteiger partial charge in [0.05, 0.1) is 10.4 Å². The van der Waals surface area contributed by atoms with Gasteiger partial charge in [-0.1, -0.05) is 30.3 Å². The van der Waals surface area contributed by atoms with Crippen molar-refractivity contribution < 1.29 is 4.79 Å². The van der Waals surface area contributed by atoms with Crippen molar-refractivity contribution >= 4 is 43.9 Å². The molecule has 0 saturated carbocycles. The van der Waals surface area contributed by atoms with Crippen molar-refractivity contribution in [3.05, 3.63) is 58.4 Å². The normalized spacial score (nSPS) is 19.1. The minimum Gasteiger partial charge on any atom is -0.347 e. The fourth-order valence-electron chi connectivity index (χ4n) is 3.82. The monoisotopic (exact) mass is 396 g/mol. The van der Waals surface area contributed by atoms with E-state index in [1.54, 1.807) is 11.3 Å². The first-order valence-electron chi connectivity index (χ1n) is 9.14. The van der Waals surface area contributed by atoms with Crippen LogP contribution in [0.2, 0.25) is 0 Å². The number of imidazole rings is 1. The van der Waals surface area contributed by atoms with Crippen LogP contribution in [0.15, 0.2) is 48.0 Å². The highest BCUT2D eigenvalue weighted by atomic mass is 32.1. The molecule has 0 spiro atoms. The SMILES string of the molecule is CC(c1ccccc1)N1CCC(NC(=O)c2cc3c(nc4sccn43)s2)C1. The molecule has 0 radical (unpaired) electrons. The molecule has 5 rings (SSSR count). The molecule has 27 heavy (non-hydrogen) atoms. The van der Waals surface area contributed by atoms with Crippen LogP contribution in [0.3, 0.4) is 0 Å². The number of hydrogen-bond acceptors (Lipinski definition) is 5. The summed E-state index contributed by atoms with van der Waals surface area (Å²) >= 11 is 3.08. The Morgan fingerprint density at radius 2 is 2.19 bits per heavy atom. The van der Waals surface area contributed by atoms with Crippen LogP contribution in [-0.2, 0) is 0 Å². The van der Waals surface area contributed by atoms with Crippen molar-refractivity contribution in [3.8, 4) is 0 Å². The first-order chi connectivity index (χ1) is 13.2. The molecule has 0 bridgehead atoms. The Bertz CT molecular complexity index is 1100. The molecule has 1 N–H and O–H groups in total. The van der Waals surface area contributed by atoms with Crippen molar-refractivity contribution in [3.63, 3.8) is 0 Å². The molecule has 1 aliphatic heterocycles. The largest absolute Gasteiger partial charge is 0.347 e. The molecule has 1 aliphatic rings. The molecule has 7 heteroatoms. The van der Waals surface area contributed by atoms with Gasteiger partial charge in [-0.2, -0.15) is 0 Å². The van der Waals surface area contributed by atoms with Gasteiger partial charge < -0.3 is 5.32 Å². The van der Waals surface area contributed by atoms with E-state index in [-0.39, 0.29) is 11.9 Å². The standard InChI is InChI=1S/C20H20N4OS2/c1-13(14-5-3-2-4-6-14)23-8-7-15(12-23)21-18(25)17-11-16-19(27-17)22-20-24(16)9-10-26-20/h2-6,9-11,13,15H,7-8,12H2,1H3,(H,21,25). The summed E-state index contributed by atoms with van der Waals surface area (Å²) in [6.45, 7) is 4.13. The lowest BCUT2D eigenvalue weighted by Gasteiger charge is -2.24. The summed E-state index contributed by atoms with van der Waals surface area (Å²) in [5, 5.41) is 5.23. The van der Waals surface area contributed by atoms with Gasteiger partial charge in [-0.05, 0) is 25.0 Å². The lowest BCUT2D eigenvalue weighted by atomic mass is 10.1. The molecule has 138 valence electrons. The first kappa shape index (κ1) is 16.9. The van der Waals surface area contributed by atoms with E-state index in [0.29, 0.717) is 6.04 Å². The molecule has 5 nitrogen and oxygen atoms in total. The Morgan fingerprint density at radius 1 is 1.33 bits per heavy atom. The number of thiazole rings is 1. The predicted octanol–water partition coefficient (Wildman–Crippen LogP) is 4.18. The van der Waals surface area contributed by atoms with Gasteiger partial charge in [0.2, 0.25) is 0 Å². The van der Waals surface area contributed by atoms with Gasteiger partial charge in [0.15, 0.2) is 4.96 Å². The van der Waals surface area contributed by atoms with Gasteiger partial charge in [-0.25, -0.2) is 4.98 Å². The lowest BCUT2D eigenvalue weighted by Crippen LogP contribution is -2.37. The molecule has 1 aromatic carbocycles. The third-order valence-electron chi connectivity index (χ3n) is 5.35. The number of likely N-dealkylation sites (tertiary alicyclic amines) is 1. The highest BCUT2D eigenvalue weighted by molar-refractivity contribution is 7.21. The number of hydrogen-bond donors (Lipinski definition) is 1. The van der Waals surface area contributed by atoms with E-state index >= 15 is 0 Å². The fraction of sp³-hybridized carbons (Fsp3) is 0.300. The summed E-state index contributed by atoms with van der Waals surface area (Å²) in [5.41, 5.74) is 2.34. The summed E-state index contributed by atoms with van der Waals surface area (Å²) in [5.74, 6) is 0.0150. The average molecular weight is 397 g/mol. The lowest BCUT2D eigenvalue weighted by molar-refractivity contribution is 0.0940. The van der Waals surface area contributed by atoms with Crippen molar-refractivity contribution in [2.24, 2.45) is 0 Å². The van der Waals surface area contributed by atoms with Gasteiger partial charge >= 0.3 is 0 Å². The Hall–Kier alpha value is -2.22. The zero-order valence-electron chi connectivity index (χ0n) is 15.0. The van der Waals surface area contributed by atoms with Crippen LogP contribution in [0.4, 0.5) is 0 Å². The highest BCUT2D eigenvalue weighted by Gasteiger charge is 2.28. The number of amides is 1. The first-order valence-corrected chi connectivity index (χ1v) is 10.8. The molecule has 1 amide bonds. The van der Waals surface area contributed by atoms with Crippen LogP contribution in [0.1, 0.15) is 34.6 Å². The summed E-state index contributed by atoms with van der Waals surface area (Å²) in [6, 6.07) is 13.1. The third kappa shape index (κ3) is 3.05. The summed E-state index contributed by atoms with van der Waals surface area (Å²) < 4.78 is 2.05. The van der Waals surface area contributed by atoms with E-state index in [1.165, 1.54) is 16.9 Å². The third-order valence-corrected chi connectivity index (χ3v) is 7.12. The van der Waals surface area contributed by atoms with Crippen molar-refractivity contribution in [1.29, 1.82) is 0 Å². The summed E-state index contributed by atoms with van der Waals surface area (Å²) in [4.78, 5) is 22.4. The number of nitrogens with one attached hydrogen (secondary N) is 1. The molecular weight excluding hydrogens is 376 g/mol. The van der Waals surface area contributed by atoms with E-state index < -0.39 is 0 Å². The second kappa shape index (κ2) is 6.74. The predicted molar refractivity (Wildman–Crippen MR) is 111 cm³/mol. The molecule has 3 aromatic heterocycles. The maximum absolute atomic E-state index is 12.7. The maximum atomic E-state index is 12.7. The van der Waals surface area contributed by atoms with Gasteiger partial charge in [0.1, 0.15) is 4.83 Å². The second-order valence-corrected chi connectivity index (χ2v) is 8.91. The number of fused-ring (bicyclic) bond motifs is 3. The van der Waals surface area contributed by atoms with Crippen LogP contribution in [0, 0.1) is 0 Å². The number of nitrogens with zero attached hydrogens (tertiary/aromatic N) is 3. The van der Waals surface area contributed by atoms with Crippen molar-refractivity contribution in [2.75, 3.05) is 13.1 Å². The van der Waals surface area contributed by atoms with E-state index in [1.807, 2.05) is 28.1 Å².